The van der Waals surface area contributed by atoms with Gasteiger partial charge in [0.1, 0.15) is 0 Å². The van der Waals surface area contributed by atoms with Gasteiger partial charge in [-0.05, 0) is 58.0 Å². The molecule has 0 unspecified atom stereocenters. The van der Waals surface area contributed by atoms with E-state index < -0.39 is 0 Å². The molecular formula is C42H27N5. The van der Waals surface area contributed by atoms with Crippen LogP contribution in [0.25, 0.3) is 83.5 Å². The summed E-state index contributed by atoms with van der Waals surface area (Å²) in [5.41, 5.74) is 10.9. The van der Waals surface area contributed by atoms with Crippen molar-refractivity contribution in [2.24, 2.45) is 0 Å². The molecule has 0 saturated heterocycles. The molecule has 0 bridgehead atoms. The normalized spacial score (nSPS) is 11.4. The average Bonchev–Trinajstić information content (AvgIpc) is 3.60. The largest absolute Gasteiger partial charge is 0.255 e. The number of rotatable bonds is 5. The second kappa shape index (κ2) is 11.2. The number of hydrogen-bond donors (Lipinski definition) is 0. The number of para-hydroxylation sites is 1. The molecule has 47 heavy (non-hydrogen) atoms. The van der Waals surface area contributed by atoms with Crippen molar-refractivity contribution in [3.8, 4) is 56.2 Å². The number of pyridine rings is 3. The summed E-state index contributed by atoms with van der Waals surface area (Å²) in [6.45, 7) is 0. The summed E-state index contributed by atoms with van der Waals surface area (Å²) in [5.74, 6) is 0.672. The molecular weight excluding hydrogens is 574 g/mol. The minimum Gasteiger partial charge on any atom is -0.255 e. The third-order valence-electron chi connectivity index (χ3n) is 8.69. The lowest BCUT2D eigenvalue weighted by molar-refractivity contribution is 0.968. The van der Waals surface area contributed by atoms with Crippen LogP contribution in [0.2, 0.25) is 0 Å². The highest BCUT2D eigenvalue weighted by molar-refractivity contribution is 6.10. The van der Waals surface area contributed by atoms with Gasteiger partial charge < -0.3 is 0 Å². The molecule has 0 N–H and O–H groups in total. The molecule has 0 fully saturated rings. The van der Waals surface area contributed by atoms with Crippen LogP contribution in [0.3, 0.4) is 0 Å². The third-order valence-corrected chi connectivity index (χ3v) is 8.69. The van der Waals surface area contributed by atoms with E-state index in [1.807, 2.05) is 35.0 Å². The fourth-order valence-electron chi connectivity index (χ4n) is 6.40. The number of fused-ring (bicyclic) bond motifs is 4. The van der Waals surface area contributed by atoms with E-state index in [9.17, 15) is 0 Å². The molecule has 4 aromatic heterocycles. The van der Waals surface area contributed by atoms with E-state index in [0.29, 0.717) is 5.82 Å². The minimum absolute atomic E-state index is 0.672. The molecule has 0 aliphatic carbocycles. The van der Waals surface area contributed by atoms with Gasteiger partial charge in [-0.3, -0.25) is 4.98 Å². The van der Waals surface area contributed by atoms with Crippen LogP contribution in [0.15, 0.2) is 164 Å². The predicted molar refractivity (Wildman–Crippen MR) is 191 cm³/mol. The molecule has 0 atom stereocenters. The zero-order valence-electron chi connectivity index (χ0n) is 25.3. The van der Waals surface area contributed by atoms with Crippen LogP contribution in [-0.4, -0.2) is 24.6 Å². The molecule has 0 aliphatic heterocycles. The van der Waals surface area contributed by atoms with Crippen molar-refractivity contribution in [3.63, 3.8) is 0 Å². The van der Waals surface area contributed by atoms with E-state index in [0.717, 1.165) is 72.3 Å². The molecule has 9 rings (SSSR count). The maximum Gasteiger partial charge on any atom is 0.182 e. The monoisotopic (exact) mass is 601 g/mol. The Labute approximate surface area is 271 Å². The molecule has 0 amide bonds. The van der Waals surface area contributed by atoms with Gasteiger partial charge in [-0.15, -0.1) is 5.10 Å². The van der Waals surface area contributed by atoms with Crippen LogP contribution in [-0.2, 0) is 0 Å². The molecule has 220 valence electrons. The Morgan fingerprint density at radius 3 is 1.94 bits per heavy atom. The first-order chi connectivity index (χ1) is 23.3. The van der Waals surface area contributed by atoms with Crippen LogP contribution < -0.4 is 0 Å². The van der Waals surface area contributed by atoms with Crippen LogP contribution >= 0.6 is 0 Å². The lowest BCUT2D eigenvalue weighted by Crippen LogP contribution is -1.93. The fraction of sp³-hybridized carbons (Fsp3) is 0. The van der Waals surface area contributed by atoms with Gasteiger partial charge in [-0.2, -0.15) is 0 Å². The smallest absolute Gasteiger partial charge is 0.182 e. The number of nitrogens with zero attached hydrogens (tertiary/aromatic N) is 5. The van der Waals surface area contributed by atoms with Gasteiger partial charge in [0, 0.05) is 39.9 Å². The molecule has 5 aromatic carbocycles. The SMILES string of the molecule is c1ccc(-c2cc(-c3ccccc3)c3nc(-c4cccc(-c5ccnc(-c6nc7ccccc7c7ccccc67)c5)c4)nn3c2)cc1. The minimum atomic E-state index is 0.672. The number of benzene rings is 5. The Morgan fingerprint density at radius 2 is 1.11 bits per heavy atom. The summed E-state index contributed by atoms with van der Waals surface area (Å²) >= 11 is 0. The Morgan fingerprint density at radius 1 is 0.447 bits per heavy atom. The van der Waals surface area contributed by atoms with Crippen LogP contribution in [0.1, 0.15) is 0 Å². The van der Waals surface area contributed by atoms with E-state index >= 15 is 0 Å². The van der Waals surface area contributed by atoms with Crippen LogP contribution in [0.5, 0.6) is 0 Å². The van der Waals surface area contributed by atoms with E-state index in [2.05, 4.69) is 134 Å². The van der Waals surface area contributed by atoms with Crippen LogP contribution in [0, 0.1) is 0 Å². The van der Waals surface area contributed by atoms with Gasteiger partial charge in [-0.25, -0.2) is 14.5 Å². The van der Waals surface area contributed by atoms with Crippen molar-refractivity contribution < 1.29 is 0 Å². The molecule has 0 aliphatic rings. The Hall–Kier alpha value is -6.46. The third kappa shape index (κ3) is 4.82. The Bertz CT molecular complexity index is 2570. The summed E-state index contributed by atoms with van der Waals surface area (Å²) in [6, 6.07) is 52.3. The van der Waals surface area contributed by atoms with Crippen molar-refractivity contribution in [1.82, 2.24) is 24.6 Å². The fourth-order valence-corrected chi connectivity index (χ4v) is 6.40. The summed E-state index contributed by atoms with van der Waals surface area (Å²) < 4.78 is 1.91. The van der Waals surface area contributed by atoms with Crippen molar-refractivity contribution in [2.45, 2.75) is 0 Å². The quantitative estimate of drug-likeness (QED) is 0.184. The van der Waals surface area contributed by atoms with Gasteiger partial charge in [0.25, 0.3) is 0 Å². The molecule has 5 nitrogen and oxygen atoms in total. The first kappa shape index (κ1) is 26.9. The highest BCUT2D eigenvalue weighted by Gasteiger charge is 2.16. The maximum atomic E-state index is 5.09. The second-order valence-electron chi connectivity index (χ2n) is 11.6. The first-order valence-corrected chi connectivity index (χ1v) is 15.6. The Balaban J connectivity index is 1.15. The topological polar surface area (TPSA) is 56.0 Å². The molecule has 0 spiro atoms. The lowest BCUT2D eigenvalue weighted by Gasteiger charge is -2.11. The van der Waals surface area contributed by atoms with Gasteiger partial charge in [0.2, 0.25) is 0 Å². The van der Waals surface area contributed by atoms with Gasteiger partial charge in [-0.1, -0.05) is 121 Å². The van der Waals surface area contributed by atoms with E-state index in [4.69, 9.17) is 20.1 Å². The summed E-state index contributed by atoms with van der Waals surface area (Å²) in [5, 5.41) is 8.40. The summed E-state index contributed by atoms with van der Waals surface area (Å²) in [6.07, 6.45) is 3.93. The van der Waals surface area contributed by atoms with E-state index in [1.54, 1.807) is 0 Å². The highest BCUT2D eigenvalue weighted by Crippen LogP contribution is 2.35. The number of aromatic nitrogens is 5. The maximum absolute atomic E-state index is 5.09. The van der Waals surface area contributed by atoms with Crippen molar-refractivity contribution in [2.75, 3.05) is 0 Å². The van der Waals surface area contributed by atoms with Crippen molar-refractivity contribution in [3.05, 3.63) is 164 Å². The van der Waals surface area contributed by atoms with Gasteiger partial charge in [0.05, 0.1) is 16.9 Å². The molecule has 5 heteroatoms. The first-order valence-electron chi connectivity index (χ1n) is 15.6. The van der Waals surface area contributed by atoms with Crippen molar-refractivity contribution >= 4 is 27.3 Å². The lowest BCUT2D eigenvalue weighted by atomic mass is 9.99. The Kier molecular flexibility index (Phi) is 6.39. The molecule has 9 aromatic rings. The van der Waals surface area contributed by atoms with E-state index in [1.165, 1.54) is 5.39 Å². The standard InChI is InChI=1S/C42H27N5/c1-3-12-28(13-4-1)33-25-37(29-14-5-2-6-15-29)42-45-41(46-47(42)27-33)32-17-11-16-30(24-32)31-22-23-43-39(26-31)40-36-20-8-7-18-34(36)35-19-9-10-21-38(35)44-40/h1-27H. The highest BCUT2D eigenvalue weighted by atomic mass is 15.3. The van der Waals surface area contributed by atoms with E-state index in [-0.39, 0.29) is 0 Å². The predicted octanol–water partition coefficient (Wildman–Crippen LogP) is 10.2. The van der Waals surface area contributed by atoms with Crippen molar-refractivity contribution in [1.29, 1.82) is 0 Å². The number of hydrogen-bond acceptors (Lipinski definition) is 4. The zero-order valence-corrected chi connectivity index (χ0v) is 25.3. The van der Waals surface area contributed by atoms with Gasteiger partial charge >= 0.3 is 0 Å². The second-order valence-corrected chi connectivity index (χ2v) is 11.6. The summed E-state index contributed by atoms with van der Waals surface area (Å²) in [4.78, 5) is 14.9. The zero-order chi connectivity index (χ0) is 31.2. The summed E-state index contributed by atoms with van der Waals surface area (Å²) in [7, 11) is 0. The molecule has 0 radical (unpaired) electrons. The molecule has 0 saturated carbocycles. The van der Waals surface area contributed by atoms with Crippen LogP contribution in [0.4, 0.5) is 0 Å². The van der Waals surface area contributed by atoms with Gasteiger partial charge in [0.15, 0.2) is 11.5 Å². The molecule has 4 heterocycles. The average molecular weight is 602 g/mol.